The summed E-state index contributed by atoms with van der Waals surface area (Å²) in [6.07, 6.45) is 0. The van der Waals surface area contributed by atoms with Gasteiger partial charge in [0.2, 0.25) is 0 Å². The Bertz CT molecular complexity index is 524. The molecule has 1 aliphatic rings. The number of carbonyl (C=O) groups is 1. The van der Waals surface area contributed by atoms with E-state index in [0.717, 1.165) is 11.1 Å². The topological polar surface area (TPSA) is 46.5 Å². The molecule has 0 saturated carbocycles. The van der Waals surface area contributed by atoms with E-state index in [0.29, 0.717) is 5.75 Å². The van der Waals surface area contributed by atoms with Gasteiger partial charge in [-0.1, -0.05) is 6.07 Å². The highest BCUT2D eigenvalue weighted by molar-refractivity contribution is 5.89. The van der Waals surface area contributed by atoms with Crippen LogP contribution in [0.3, 0.4) is 0 Å². The van der Waals surface area contributed by atoms with Crippen LogP contribution in [0.15, 0.2) is 23.8 Å². The zero-order valence-corrected chi connectivity index (χ0v) is 10.5. The van der Waals surface area contributed by atoms with Crippen LogP contribution in [0.1, 0.15) is 43.6 Å². The minimum absolute atomic E-state index is 0.256. The summed E-state index contributed by atoms with van der Waals surface area (Å²) in [7, 11) is 0. The molecule has 3 nitrogen and oxygen atoms in total. The molecule has 0 unspecified atom stereocenters. The second kappa shape index (κ2) is 3.62. The first-order valence-electron chi connectivity index (χ1n) is 5.57. The predicted molar refractivity (Wildman–Crippen MR) is 66.4 cm³/mol. The van der Waals surface area contributed by atoms with E-state index in [1.54, 1.807) is 12.1 Å². The van der Waals surface area contributed by atoms with Gasteiger partial charge in [-0.25, -0.2) is 4.79 Å². The van der Waals surface area contributed by atoms with Crippen LogP contribution < -0.4 is 4.74 Å². The van der Waals surface area contributed by atoms with Crippen molar-refractivity contribution in [3.63, 3.8) is 0 Å². The second-order valence-corrected chi connectivity index (χ2v) is 4.88. The highest BCUT2D eigenvalue weighted by Crippen LogP contribution is 2.40. The third-order valence-corrected chi connectivity index (χ3v) is 3.46. The van der Waals surface area contributed by atoms with Crippen molar-refractivity contribution in [3.8, 4) is 5.75 Å². The van der Waals surface area contributed by atoms with Crippen molar-refractivity contribution < 1.29 is 14.6 Å². The number of ether oxygens (including phenoxy) is 1. The summed E-state index contributed by atoms with van der Waals surface area (Å²) in [5, 5.41) is 8.97. The monoisotopic (exact) mass is 232 g/mol. The Kier molecular flexibility index (Phi) is 2.49. The fourth-order valence-electron chi connectivity index (χ4n) is 2.05. The number of rotatable bonds is 1. The molecule has 17 heavy (non-hydrogen) atoms. The fraction of sp³-hybridized carbons (Fsp3) is 0.357. The van der Waals surface area contributed by atoms with Crippen LogP contribution in [0.4, 0.5) is 0 Å². The molecule has 0 bridgehead atoms. The number of allylic oxidation sites excluding steroid dienone is 1. The molecule has 90 valence electrons. The number of hydrogen-bond acceptors (Lipinski definition) is 2. The van der Waals surface area contributed by atoms with Gasteiger partial charge in [0.1, 0.15) is 11.4 Å². The van der Waals surface area contributed by atoms with Gasteiger partial charge in [-0.05, 0) is 51.0 Å². The first-order valence-corrected chi connectivity index (χ1v) is 5.57. The van der Waals surface area contributed by atoms with Crippen LogP contribution in [0.5, 0.6) is 5.75 Å². The summed E-state index contributed by atoms with van der Waals surface area (Å²) in [6, 6.07) is 5.02. The molecule has 0 amide bonds. The molecule has 1 heterocycles. The van der Waals surface area contributed by atoms with E-state index in [-0.39, 0.29) is 11.2 Å². The molecule has 1 aliphatic heterocycles. The summed E-state index contributed by atoms with van der Waals surface area (Å²) in [6.45, 7) is 8.06. The Labute approximate surface area is 101 Å². The number of benzene rings is 1. The van der Waals surface area contributed by atoms with Gasteiger partial charge in [0.25, 0.3) is 0 Å². The minimum Gasteiger partial charge on any atom is -0.483 e. The zero-order chi connectivity index (χ0) is 12.8. The average molecular weight is 232 g/mol. The van der Waals surface area contributed by atoms with E-state index in [4.69, 9.17) is 9.84 Å². The van der Waals surface area contributed by atoms with E-state index in [1.165, 1.54) is 5.57 Å². The molecule has 0 saturated heterocycles. The van der Waals surface area contributed by atoms with Crippen molar-refractivity contribution in [2.24, 2.45) is 0 Å². The third kappa shape index (κ3) is 1.82. The maximum Gasteiger partial charge on any atom is 0.335 e. The summed E-state index contributed by atoms with van der Waals surface area (Å²) >= 11 is 0. The molecular formula is C14H16O3. The second-order valence-electron chi connectivity index (χ2n) is 4.88. The van der Waals surface area contributed by atoms with Crippen LogP contribution in [-0.2, 0) is 0 Å². The number of fused-ring (bicyclic) bond motifs is 1. The van der Waals surface area contributed by atoms with Crippen molar-refractivity contribution in [3.05, 3.63) is 34.9 Å². The number of aromatic carboxylic acids is 1. The van der Waals surface area contributed by atoms with Crippen molar-refractivity contribution in [1.82, 2.24) is 0 Å². The molecule has 3 heteroatoms. The Balaban J connectivity index is 2.61. The van der Waals surface area contributed by atoms with Gasteiger partial charge in [0.15, 0.2) is 0 Å². The quantitative estimate of drug-likeness (QED) is 0.807. The molecule has 1 N–H and O–H groups in total. The molecule has 0 radical (unpaired) electrons. The fourth-order valence-corrected chi connectivity index (χ4v) is 2.05. The summed E-state index contributed by atoms with van der Waals surface area (Å²) in [5.41, 5.74) is 3.19. The maximum absolute atomic E-state index is 10.9. The van der Waals surface area contributed by atoms with Gasteiger partial charge < -0.3 is 9.84 Å². The normalized spacial score (nSPS) is 17.4. The SMILES string of the molecule is CC1=C(C)C(C)(C)Oc2cc(C(=O)O)ccc21. The standard InChI is InChI=1S/C14H16O3/c1-8-9(2)14(3,4)17-12-7-10(13(15)16)5-6-11(8)12/h5-7H,1-4H3,(H,15,16). The van der Waals surface area contributed by atoms with E-state index in [2.05, 4.69) is 0 Å². The number of hydrogen-bond donors (Lipinski definition) is 1. The predicted octanol–water partition coefficient (Wildman–Crippen LogP) is 3.35. The van der Waals surface area contributed by atoms with Crippen LogP contribution in [-0.4, -0.2) is 16.7 Å². The Morgan fingerprint density at radius 3 is 2.53 bits per heavy atom. The molecule has 0 fully saturated rings. The van der Waals surface area contributed by atoms with Gasteiger partial charge in [-0.3, -0.25) is 0 Å². The molecule has 0 atom stereocenters. The van der Waals surface area contributed by atoms with Gasteiger partial charge in [0.05, 0.1) is 5.56 Å². The lowest BCUT2D eigenvalue weighted by atomic mass is 9.87. The number of carboxylic acids is 1. The van der Waals surface area contributed by atoms with Crippen molar-refractivity contribution in [2.75, 3.05) is 0 Å². The molecule has 0 spiro atoms. The Morgan fingerprint density at radius 1 is 1.29 bits per heavy atom. The van der Waals surface area contributed by atoms with E-state index < -0.39 is 5.97 Å². The van der Waals surface area contributed by atoms with Gasteiger partial charge in [-0.2, -0.15) is 0 Å². The summed E-state index contributed by atoms with van der Waals surface area (Å²) < 4.78 is 5.87. The lowest BCUT2D eigenvalue weighted by molar-refractivity contribution is 0.0695. The van der Waals surface area contributed by atoms with Crippen LogP contribution in [0.2, 0.25) is 0 Å². The van der Waals surface area contributed by atoms with Crippen LogP contribution >= 0.6 is 0 Å². The van der Waals surface area contributed by atoms with Crippen molar-refractivity contribution in [2.45, 2.75) is 33.3 Å². The Morgan fingerprint density at radius 2 is 1.94 bits per heavy atom. The zero-order valence-electron chi connectivity index (χ0n) is 10.5. The molecule has 0 aromatic heterocycles. The molecule has 2 rings (SSSR count). The largest absolute Gasteiger partial charge is 0.483 e. The van der Waals surface area contributed by atoms with Crippen molar-refractivity contribution >= 4 is 11.5 Å². The maximum atomic E-state index is 10.9. The van der Waals surface area contributed by atoms with Crippen LogP contribution in [0, 0.1) is 0 Å². The van der Waals surface area contributed by atoms with E-state index in [1.807, 2.05) is 33.8 Å². The lowest BCUT2D eigenvalue weighted by Gasteiger charge is -2.35. The first-order chi connectivity index (χ1) is 7.83. The van der Waals surface area contributed by atoms with E-state index >= 15 is 0 Å². The molecular weight excluding hydrogens is 216 g/mol. The summed E-state index contributed by atoms with van der Waals surface area (Å²) in [5.74, 6) is -0.281. The van der Waals surface area contributed by atoms with Crippen molar-refractivity contribution in [1.29, 1.82) is 0 Å². The highest BCUT2D eigenvalue weighted by Gasteiger charge is 2.30. The van der Waals surface area contributed by atoms with E-state index in [9.17, 15) is 4.79 Å². The van der Waals surface area contributed by atoms with Crippen LogP contribution in [0.25, 0.3) is 5.57 Å². The van der Waals surface area contributed by atoms with Gasteiger partial charge in [-0.15, -0.1) is 0 Å². The molecule has 1 aromatic rings. The molecule has 0 aliphatic carbocycles. The lowest BCUT2D eigenvalue weighted by Crippen LogP contribution is -2.33. The molecule has 1 aromatic carbocycles. The minimum atomic E-state index is -0.932. The number of carboxylic acid groups (broad SMARTS) is 1. The summed E-state index contributed by atoms with van der Waals surface area (Å²) in [4.78, 5) is 10.9. The average Bonchev–Trinajstić information content (AvgIpc) is 2.25. The van der Waals surface area contributed by atoms with Gasteiger partial charge >= 0.3 is 5.97 Å². The highest BCUT2D eigenvalue weighted by atomic mass is 16.5. The third-order valence-electron chi connectivity index (χ3n) is 3.46. The Hall–Kier alpha value is -1.77. The smallest absolute Gasteiger partial charge is 0.335 e. The van der Waals surface area contributed by atoms with Gasteiger partial charge in [0, 0.05) is 5.56 Å². The first kappa shape index (κ1) is 11.7.